The molecule has 0 atom stereocenters. The highest BCUT2D eigenvalue weighted by Crippen LogP contribution is 2.18. The minimum atomic E-state index is -0.472. The Morgan fingerprint density at radius 3 is 2.58 bits per heavy atom. The van der Waals surface area contributed by atoms with Crippen molar-refractivity contribution in [2.45, 2.75) is 27.0 Å². The Balaban J connectivity index is 2.00. The van der Waals surface area contributed by atoms with E-state index in [2.05, 4.69) is 0 Å². The predicted molar refractivity (Wildman–Crippen MR) is 90.9 cm³/mol. The van der Waals surface area contributed by atoms with E-state index < -0.39 is 5.97 Å². The monoisotopic (exact) mass is 325 g/mol. The van der Waals surface area contributed by atoms with Gasteiger partial charge in [0.05, 0.1) is 11.8 Å². The van der Waals surface area contributed by atoms with Gasteiger partial charge in [0, 0.05) is 23.5 Å². The molecule has 0 amide bonds. The lowest BCUT2D eigenvalue weighted by atomic mass is 10.1. The Hall–Kier alpha value is -2.82. The summed E-state index contributed by atoms with van der Waals surface area (Å²) in [4.78, 5) is 25.1. The van der Waals surface area contributed by atoms with Crippen LogP contribution in [0.2, 0.25) is 0 Å². The molecule has 3 rings (SSSR count). The number of carbonyl (C=O) groups excluding carboxylic acids is 1. The third-order valence-electron chi connectivity index (χ3n) is 3.70. The van der Waals surface area contributed by atoms with Crippen molar-refractivity contribution in [3.8, 4) is 0 Å². The molecule has 3 aromatic rings. The molecule has 1 aromatic carbocycles. The average Bonchev–Trinajstić information content (AvgIpc) is 3.08. The van der Waals surface area contributed by atoms with Gasteiger partial charge in [0.1, 0.15) is 12.4 Å². The van der Waals surface area contributed by atoms with Crippen molar-refractivity contribution in [3.63, 3.8) is 0 Å². The molecule has 0 saturated carbocycles. The number of aromatic nitrogens is 1. The van der Waals surface area contributed by atoms with Crippen LogP contribution in [0.3, 0.4) is 0 Å². The molecule has 124 valence electrons. The van der Waals surface area contributed by atoms with Gasteiger partial charge in [0.15, 0.2) is 0 Å². The topological polar surface area (TPSA) is 61.4 Å². The first-order chi connectivity index (χ1) is 11.6. The van der Waals surface area contributed by atoms with Crippen molar-refractivity contribution in [2.75, 3.05) is 0 Å². The van der Waals surface area contributed by atoms with Crippen LogP contribution in [0.5, 0.6) is 0 Å². The zero-order valence-corrected chi connectivity index (χ0v) is 13.7. The summed E-state index contributed by atoms with van der Waals surface area (Å²) in [5.74, 6) is 0.388. The van der Waals surface area contributed by atoms with E-state index in [-0.39, 0.29) is 18.1 Å². The number of esters is 1. The average molecular weight is 325 g/mol. The molecule has 0 aliphatic rings. The summed E-state index contributed by atoms with van der Waals surface area (Å²) >= 11 is 0. The molecule has 0 unspecified atom stereocenters. The molecule has 5 heteroatoms. The number of ether oxygens (including phenoxy) is 1. The summed E-state index contributed by atoms with van der Waals surface area (Å²) in [6.07, 6.45) is 3.12. The smallest absolute Gasteiger partial charge is 0.340 e. The Morgan fingerprint density at radius 2 is 1.92 bits per heavy atom. The molecule has 0 radical (unpaired) electrons. The first-order valence-electron chi connectivity index (χ1n) is 7.88. The van der Waals surface area contributed by atoms with E-state index >= 15 is 0 Å². The maximum absolute atomic E-state index is 12.6. The third-order valence-corrected chi connectivity index (χ3v) is 3.70. The number of furan rings is 1. The second kappa shape index (κ2) is 6.74. The largest absolute Gasteiger partial charge is 0.466 e. The molecule has 0 bridgehead atoms. The number of pyridine rings is 1. The molecular weight excluding hydrogens is 306 g/mol. The van der Waals surface area contributed by atoms with Gasteiger partial charge in [-0.25, -0.2) is 4.79 Å². The van der Waals surface area contributed by atoms with Crippen LogP contribution in [0.1, 0.15) is 30.0 Å². The maximum Gasteiger partial charge on any atom is 0.340 e. The normalized spacial score (nSPS) is 11.1. The van der Waals surface area contributed by atoms with Crippen LogP contribution in [-0.4, -0.2) is 10.5 Å². The predicted octanol–water partition coefficient (Wildman–Crippen LogP) is 3.61. The van der Waals surface area contributed by atoms with Gasteiger partial charge in [-0.05, 0) is 24.1 Å². The van der Waals surface area contributed by atoms with E-state index in [1.54, 1.807) is 47.2 Å². The SMILES string of the molecule is CC(C)Cn1cc(C(=O)OCc2ccco2)c2ccccc2c1=O. The minimum Gasteiger partial charge on any atom is -0.466 e. The molecule has 24 heavy (non-hydrogen) atoms. The first-order valence-corrected chi connectivity index (χ1v) is 7.88. The van der Waals surface area contributed by atoms with Crippen molar-refractivity contribution < 1.29 is 13.9 Å². The van der Waals surface area contributed by atoms with Gasteiger partial charge in [-0.3, -0.25) is 4.79 Å². The second-order valence-electron chi connectivity index (χ2n) is 6.10. The molecule has 2 heterocycles. The lowest BCUT2D eigenvalue weighted by Crippen LogP contribution is -2.24. The van der Waals surface area contributed by atoms with E-state index in [1.807, 2.05) is 13.8 Å². The van der Waals surface area contributed by atoms with E-state index in [9.17, 15) is 9.59 Å². The number of fused-ring (bicyclic) bond motifs is 1. The number of benzene rings is 1. The van der Waals surface area contributed by atoms with Crippen molar-refractivity contribution in [2.24, 2.45) is 5.92 Å². The lowest BCUT2D eigenvalue weighted by Gasteiger charge is -2.13. The molecule has 2 aromatic heterocycles. The highest BCUT2D eigenvalue weighted by molar-refractivity contribution is 6.03. The standard InChI is InChI=1S/C19H19NO4/c1-13(2)10-20-11-17(15-7-3-4-8-16(15)18(20)21)19(22)24-12-14-6-5-9-23-14/h3-9,11,13H,10,12H2,1-2H3. The van der Waals surface area contributed by atoms with Crippen LogP contribution in [0, 0.1) is 5.92 Å². The summed E-state index contributed by atoms with van der Waals surface area (Å²) in [6.45, 7) is 4.65. The van der Waals surface area contributed by atoms with Crippen LogP contribution in [0.4, 0.5) is 0 Å². The summed E-state index contributed by atoms with van der Waals surface area (Å²) in [7, 11) is 0. The molecule has 0 aliphatic carbocycles. The van der Waals surface area contributed by atoms with E-state index in [0.29, 0.717) is 28.6 Å². The molecule has 0 N–H and O–H groups in total. The van der Waals surface area contributed by atoms with Gasteiger partial charge < -0.3 is 13.7 Å². The van der Waals surface area contributed by atoms with Crippen LogP contribution in [0.25, 0.3) is 10.8 Å². The summed E-state index contributed by atoms with van der Waals surface area (Å²) in [5.41, 5.74) is 0.291. The van der Waals surface area contributed by atoms with Crippen LogP contribution >= 0.6 is 0 Å². The van der Waals surface area contributed by atoms with Crippen LogP contribution in [0.15, 0.2) is 58.1 Å². The highest BCUT2D eigenvalue weighted by Gasteiger charge is 2.16. The first kappa shape index (κ1) is 16.1. The molecular formula is C19H19NO4. The van der Waals surface area contributed by atoms with E-state index in [4.69, 9.17) is 9.15 Å². The zero-order chi connectivity index (χ0) is 17.1. The molecule has 5 nitrogen and oxygen atoms in total. The van der Waals surface area contributed by atoms with Crippen molar-refractivity contribution in [1.82, 2.24) is 4.57 Å². The van der Waals surface area contributed by atoms with Gasteiger partial charge in [0.25, 0.3) is 5.56 Å². The highest BCUT2D eigenvalue weighted by atomic mass is 16.5. The zero-order valence-electron chi connectivity index (χ0n) is 13.7. The van der Waals surface area contributed by atoms with Crippen molar-refractivity contribution in [3.05, 3.63) is 70.5 Å². The summed E-state index contributed by atoms with van der Waals surface area (Å²) in [6, 6.07) is 10.6. The Kier molecular flexibility index (Phi) is 4.51. The van der Waals surface area contributed by atoms with E-state index in [0.717, 1.165) is 0 Å². The summed E-state index contributed by atoms with van der Waals surface area (Å²) < 4.78 is 12.1. The molecule has 0 fully saturated rings. The van der Waals surface area contributed by atoms with Crippen molar-refractivity contribution >= 4 is 16.7 Å². The number of nitrogens with zero attached hydrogens (tertiary/aromatic N) is 1. The van der Waals surface area contributed by atoms with Gasteiger partial charge in [0.2, 0.25) is 0 Å². The fraction of sp³-hybridized carbons (Fsp3) is 0.263. The second-order valence-corrected chi connectivity index (χ2v) is 6.10. The Morgan fingerprint density at radius 1 is 1.17 bits per heavy atom. The summed E-state index contributed by atoms with van der Waals surface area (Å²) in [5, 5.41) is 1.12. The molecule has 0 spiro atoms. The van der Waals surface area contributed by atoms with Gasteiger partial charge in [-0.2, -0.15) is 0 Å². The lowest BCUT2D eigenvalue weighted by molar-refractivity contribution is 0.0447. The van der Waals surface area contributed by atoms with Gasteiger partial charge in [-0.15, -0.1) is 0 Å². The maximum atomic E-state index is 12.6. The minimum absolute atomic E-state index is 0.0590. The Bertz CT molecular complexity index is 907. The Labute approximate surface area is 139 Å². The van der Waals surface area contributed by atoms with E-state index in [1.165, 1.54) is 6.26 Å². The number of carbonyl (C=O) groups is 1. The van der Waals surface area contributed by atoms with Crippen molar-refractivity contribution in [1.29, 1.82) is 0 Å². The van der Waals surface area contributed by atoms with Crippen LogP contribution < -0.4 is 5.56 Å². The third kappa shape index (κ3) is 3.25. The number of rotatable bonds is 5. The molecule has 0 aliphatic heterocycles. The fourth-order valence-electron chi connectivity index (χ4n) is 2.64. The van der Waals surface area contributed by atoms with Gasteiger partial charge >= 0.3 is 5.97 Å². The fourth-order valence-corrected chi connectivity index (χ4v) is 2.64. The molecule has 0 saturated heterocycles. The number of hydrogen-bond acceptors (Lipinski definition) is 4. The quantitative estimate of drug-likeness (QED) is 0.672. The number of hydrogen-bond donors (Lipinski definition) is 0. The van der Waals surface area contributed by atoms with Crippen LogP contribution in [-0.2, 0) is 17.9 Å². The van der Waals surface area contributed by atoms with Gasteiger partial charge in [-0.1, -0.05) is 32.0 Å².